The van der Waals surface area contributed by atoms with Crippen molar-refractivity contribution < 1.29 is 0 Å². The van der Waals surface area contributed by atoms with Crippen molar-refractivity contribution in [1.29, 1.82) is 5.26 Å². The third-order valence-electron chi connectivity index (χ3n) is 2.90. The summed E-state index contributed by atoms with van der Waals surface area (Å²) in [6.45, 7) is 1.93. The molecule has 0 bridgehead atoms. The van der Waals surface area contributed by atoms with Gasteiger partial charge in [-0.3, -0.25) is 4.98 Å². The number of nitrogens with one attached hydrogen (secondary N) is 1. The van der Waals surface area contributed by atoms with Crippen molar-refractivity contribution in [3.63, 3.8) is 0 Å². The first-order chi connectivity index (χ1) is 9.78. The van der Waals surface area contributed by atoms with Crippen LogP contribution in [0.1, 0.15) is 11.4 Å². The molecule has 2 heterocycles. The fourth-order valence-electron chi connectivity index (χ4n) is 2.05. The lowest BCUT2D eigenvalue weighted by atomic mass is 10.1. The Morgan fingerprint density at radius 1 is 1.15 bits per heavy atom. The average molecular weight is 261 g/mol. The second-order valence-electron chi connectivity index (χ2n) is 4.32. The number of benzene rings is 1. The van der Waals surface area contributed by atoms with Gasteiger partial charge >= 0.3 is 0 Å². The van der Waals surface area contributed by atoms with E-state index in [1.54, 1.807) is 6.20 Å². The van der Waals surface area contributed by atoms with Crippen LogP contribution in [0.5, 0.6) is 0 Å². The molecule has 0 amide bonds. The summed E-state index contributed by atoms with van der Waals surface area (Å²) in [4.78, 5) is 12.6. The minimum atomic E-state index is 0.269. The summed E-state index contributed by atoms with van der Waals surface area (Å²) in [5.41, 5.74) is 2.93. The fourth-order valence-corrected chi connectivity index (χ4v) is 2.05. The molecule has 0 aliphatic heterocycles. The van der Waals surface area contributed by atoms with Gasteiger partial charge in [0, 0.05) is 23.5 Å². The predicted octanol–water partition coefficient (Wildman–Crippen LogP) is 2.95. The van der Waals surface area contributed by atoms with Crippen molar-refractivity contribution in [3.05, 3.63) is 54.1 Å². The van der Waals surface area contributed by atoms with Gasteiger partial charge in [-0.2, -0.15) is 5.26 Å². The molecule has 0 aliphatic carbocycles. The molecule has 0 radical (unpaired) electrons. The lowest BCUT2D eigenvalue weighted by Crippen LogP contribution is -2.00. The highest BCUT2D eigenvalue weighted by Crippen LogP contribution is 2.26. The molecule has 5 nitrogen and oxygen atoms in total. The third-order valence-corrected chi connectivity index (χ3v) is 2.90. The molecule has 3 rings (SSSR count). The molecule has 20 heavy (non-hydrogen) atoms. The van der Waals surface area contributed by atoms with Gasteiger partial charge in [0.2, 0.25) is 0 Å². The van der Waals surface area contributed by atoms with E-state index < -0.39 is 0 Å². The van der Waals surface area contributed by atoms with E-state index in [9.17, 15) is 0 Å². The van der Waals surface area contributed by atoms with Gasteiger partial charge in [-0.25, -0.2) is 9.97 Å². The molecule has 0 saturated carbocycles. The monoisotopic (exact) mass is 261 g/mol. The Hall–Kier alpha value is -3.00. The van der Waals surface area contributed by atoms with Gasteiger partial charge in [0.15, 0.2) is 11.5 Å². The number of rotatable bonds is 2. The number of hydrogen-bond acceptors (Lipinski definition) is 5. The zero-order valence-electron chi connectivity index (χ0n) is 10.8. The van der Waals surface area contributed by atoms with Crippen LogP contribution in [-0.2, 0) is 0 Å². The van der Waals surface area contributed by atoms with E-state index >= 15 is 0 Å². The number of fused-ring (bicyclic) bond motifs is 1. The van der Waals surface area contributed by atoms with Crippen LogP contribution in [-0.4, -0.2) is 15.0 Å². The molecule has 96 valence electrons. The van der Waals surface area contributed by atoms with Gasteiger partial charge in [-0.1, -0.05) is 18.2 Å². The molecule has 3 aromatic rings. The number of pyridine rings is 1. The lowest BCUT2D eigenvalue weighted by Gasteiger charge is -2.10. The maximum Gasteiger partial charge on any atom is 0.183 e. The molecule has 1 N–H and O–H groups in total. The fraction of sp³-hybridized carbons (Fsp3) is 0.0667. The smallest absolute Gasteiger partial charge is 0.183 e. The minimum absolute atomic E-state index is 0.269. The average Bonchev–Trinajstić information content (AvgIpc) is 2.47. The van der Waals surface area contributed by atoms with E-state index in [0.717, 1.165) is 22.3 Å². The highest BCUT2D eigenvalue weighted by molar-refractivity contribution is 5.93. The summed E-state index contributed by atoms with van der Waals surface area (Å²) >= 11 is 0. The Morgan fingerprint density at radius 3 is 2.80 bits per heavy atom. The van der Waals surface area contributed by atoms with Gasteiger partial charge in [-0.15, -0.1) is 0 Å². The first-order valence-corrected chi connectivity index (χ1v) is 6.12. The summed E-state index contributed by atoms with van der Waals surface area (Å²) in [5.74, 6) is 0.450. The van der Waals surface area contributed by atoms with Gasteiger partial charge < -0.3 is 5.32 Å². The predicted molar refractivity (Wildman–Crippen MR) is 76.5 cm³/mol. The van der Waals surface area contributed by atoms with Crippen LogP contribution in [0.2, 0.25) is 0 Å². The van der Waals surface area contributed by atoms with Crippen molar-refractivity contribution in [3.8, 4) is 6.07 Å². The molecule has 0 fully saturated rings. The Bertz CT molecular complexity index is 820. The van der Waals surface area contributed by atoms with Crippen LogP contribution >= 0.6 is 0 Å². The van der Waals surface area contributed by atoms with E-state index in [-0.39, 0.29) is 5.69 Å². The highest BCUT2D eigenvalue weighted by atomic mass is 15.0. The maximum atomic E-state index is 9.06. The van der Waals surface area contributed by atoms with Crippen LogP contribution in [0, 0.1) is 18.3 Å². The SMILES string of the molecule is Cc1cc(Nc2nccnc2C#N)c2ccccc2n1. The number of aryl methyl sites for hydroxylation is 1. The van der Waals surface area contributed by atoms with E-state index in [0.29, 0.717) is 5.82 Å². The second kappa shape index (κ2) is 4.94. The summed E-state index contributed by atoms with van der Waals surface area (Å²) < 4.78 is 0. The van der Waals surface area contributed by atoms with Crippen molar-refractivity contribution in [2.45, 2.75) is 6.92 Å². The van der Waals surface area contributed by atoms with E-state index in [4.69, 9.17) is 5.26 Å². The Balaban J connectivity index is 2.14. The number of para-hydroxylation sites is 1. The van der Waals surface area contributed by atoms with Crippen molar-refractivity contribution in [2.24, 2.45) is 0 Å². The van der Waals surface area contributed by atoms with Gasteiger partial charge in [0.05, 0.1) is 11.2 Å². The summed E-state index contributed by atoms with van der Waals surface area (Å²) in [6, 6.07) is 11.8. The van der Waals surface area contributed by atoms with E-state index in [1.807, 2.05) is 43.3 Å². The lowest BCUT2D eigenvalue weighted by molar-refractivity contribution is 1.16. The van der Waals surface area contributed by atoms with Crippen LogP contribution in [0.3, 0.4) is 0 Å². The van der Waals surface area contributed by atoms with Crippen molar-refractivity contribution in [2.75, 3.05) is 5.32 Å². The third kappa shape index (κ3) is 2.15. The van der Waals surface area contributed by atoms with Gasteiger partial charge in [-0.05, 0) is 19.1 Å². The Morgan fingerprint density at radius 2 is 1.95 bits per heavy atom. The normalized spacial score (nSPS) is 10.2. The molecule has 0 atom stereocenters. The first kappa shape index (κ1) is 12.1. The summed E-state index contributed by atoms with van der Waals surface area (Å²) in [5, 5.41) is 13.2. The number of hydrogen-bond donors (Lipinski definition) is 1. The minimum Gasteiger partial charge on any atom is -0.337 e. The standard InChI is InChI=1S/C15H11N5/c1-10-8-13(11-4-2-3-5-12(11)19-10)20-15-14(9-16)17-6-7-18-15/h2-8H,1H3,(H,18,19,20). The molecule has 2 aromatic heterocycles. The molecular formula is C15H11N5. The molecule has 0 spiro atoms. The topological polar surface area (TPSA) is 74.5 Å². The number of aromatic nitrogens is 3. The van der Waals surface area contributed by atoms with Gasteiger partial charge in [0.1, 0.15) is 6.07 Å². The quantitative estimate of drug-likeness (QED) is 0.767. The maximum absolute atomic E-state index is 9.06. The van der Waals surface area contributed by atoms with Gasteiger partial charge in [0.25, 0.3) is 0 Å². The number of nitrogens with zero attached hydrogens (tertiary/aromatic N) is 4. The first-order valence-electron chi connectivity index (χ1n) is 6.12. The molecule has 0 saturated heterocycles. The van der Waals surface area contributed by atoms with Crippen LogP contribution in [0.4, 0.5) is 11.5 Å². The molecule has 5 heteroatoms. The second-order valence-corrected chi connectivity index (χ2v) is 4.32. The number of nitriles is 1. The Labute approximate surface area is 116 Å². The molecule has 0 unspecified atom stereocenters. The molecule has 1 aromatic carbocycles. The molecular weight excluding hydrogens is 250 g/mol. The van der Waals surface area contributed by atoms with Crippen LogP contribution < -0.4 is 5.32 Å². The highest BCUT2D eigenvalue weighted by Gasteiger charge is 2.08. The zero-order valence-corrected chi connectivity index (χ0v) is 10.8. The van der Waals surface area contributed by atoms with E-state index in [2.05, 4.69) is 20.3 Å². The summed E-state index contributed by atoms with van der Waals surface area (Å²) in [6.07, 6.45) is 3.05. The van der Waals surface area contributed by atoms with Crippen LogP contribution in [0.25, 0.3) is 10.9 Å². The van der Waals surface area contributed by atoms with Crippen molar-refractivity contribution >= 4 is 22.4 Å². The Kier molecular flexibility index (Phi) is 2.98. The van der Waals surface area contributed by atoms with E-state index in [1.165, 1.54) is 6.20 Å². The zero-order chi connectivity index (χ0) is 13.9. The van der Waals surface area contributed by atoms with Crippen LogP contribution in [0.15, 0.2) is 42.7 Å². The largest absolute Gasteiger partial charge is 0.337 e. The molecule has 0 aliphatic rings. The summed E-state index contributed by atoms with van der Waals surface area (Å²) in [7, 11) is 0. The number of anilines is 2. The van der Waals surface area contributed by atoms with Crippen molar-refractivity contribution in [1.82, 2.24) is 15.0 Å².